The van der Waals surface area contributed by atoms with Crippen LogP contribution in [0.5, 0.6) is 11.5 Å². The Bertz CT molecular complexity index is 301. The minimum absolute atomic E-state index is 0.190. The van der Waals surface area contributed by atoms with Crippen LogP contribution in [0.15, 0.2) is 18.2 Å². The molecule has 0 amide bonds. The van der Waals surface area contributed by atoms with Crippen LogP contribution in [-0.2, 0) is 0 Å². The van der Waals surface area contributed by atoms with E-state index in [-0.39, 0.29) is 6.54 Å². The molecule has 0 fully saturated rings. The highest BCUT2D eigenvalue weighted by Gasteiger charge is 2.09. The van der Waals surface area contributed by atoms with Crippen molar-refractivity contribution in [1.82, 2.24) is 0 Å². The summed E-state index contributed by atoms with van der Waals surface area (Å²) < 4.78 is 10.2. The maximum atomic E-state index is 9.49. The van der Waals surface area contributed by atoms with Gasteiger partial charge in [0, 0.05) is 6.54 Å². The van der Waals surface area contributed by atoms with Crippen molar-refractivity contribution in [2.45, 2.75) is 6.10 Å². The monoisotopic (exact) mass is 197 g/mol. The lowest BCUT2D eigenvalue weighted by Crippen LogP contribution is -2.11. The van der Waals surface area contributed by atoms with Gasteiger partial charge in [0.2, 0.25) is 0 Å². The van der Waals surface area contributed by atoms with Crippen molar-refractivity contribution in [2.24, 2.45) is 5.73 Å². The molecule has 0 heterocycles. The van der Waals surface area contributed by atoms with Crippen LogP contribution in [0, 0.1) is 0 Å². The molecule has 0 aliphatic heterocycles. The van der Waals surface area contributed by atoms with Gasteiger partial charge in [-0.15, -0.1) is 0 Å². The molecule has 0 aliphatic carbocycles. The zero-order valence-electron chi connectivity index (χ0n) is 8.36. The number of hydrogen-bond acceptors (Lipinski definition) is 4. The van der Waals surface area contributed by atoms with E-state index < -0.39 is 6.10 Å². The summed E-state index contributed by atoms with van der Waals surface area (Å²) in [5, 5.41) is 9.49. The molecular formula is C10H15NO3. The zero-order chi connectivity index (χ0) is 10.6. The summed E-state index contributed by atoms with van der Waals surface area (Å²) in [5.74, 6) is 1.23. The van der Waals surface area contributed by atoms with Gasteiger partial charge in [-0.2, -0.15) is 0 Å². The van der Waals surface area contributed by atoms with Crippen molar-refractivity contribution < 1.29 is 14.6 Å². The molecule has 14 heavy (non-hydrogen) atoms. The van der Waals surface area contributed by atoms with Gasteiger partial charge in [-0.1, -0.05) is 6.07 Å². The van der Waals surface area contributed by atoms with Gasteiger partial charge in [0.25, 0.3) is 0 Å². The largest absolute Gasteiger partial charge is 0.493 e. The number of nitrogens with two attached hydrogens (primary N) is 1. The van der Waals surface area contributed by atoms with Gasteiger partial charge in [-0.3, -0.25) is 0 Å². The molecule has 1 rings (SSSR count). The summed E-state index contributed by atoms with van der Waals surface area (Å²) in [5.41, 5.74) is 6.07. The summed E-state index contributed by atoms with van der Waals surface area (Å²) in [4.78, 5) is 0. The van der Waals surface area contributed by atoms with E-state index in [1.54, 1.807) is 32.4 Å². The molecule has 0 saturated carbocycles. The van der Waals surface area contributed by atoms with Crippen molar-refractivity contribution >= 4 is 0 Å². The van der Waals surface area contributed by atoms with Crippen molar-refractivity contribution in [2.75, 3.05) is 20.8 Å². The molecule has 0 spiro atoms. The summed E-state index contributed by atoms with van der Waals surface area (Å²) in [6.45, 7) is 0.190. The molecule has 1 unspecified atom stereocenters. The van der Waals surface area contributed by atoms with Gasteiger partial charge in [0.1, 0.15) is 0 Å². The molecule has 78 valence electrons. The maximum Gasteiger partial charge on any atom is 0.161 e. The van der Waals surface area contributed by atoms with Gasteiger partial charge in [-0.05, 0) is 17.7 Å². The predicted molar refractivity (Wildman–Crippen MR) is 53.6 cm³/mol. The predicted octanol–water partition coefficient (Wildman–Crippen LogP) is 0.696. The van der Waals surface area contributed by atoms with E-state index in [2.05, 4.69) is 0 Å². The van der Waals surface area contributed by atoms with Gasteiger partial charge in [-0.25, -0.2) is 0 Å². The fourth-order valence-corrected chi connectivity index (χ4v) is 1.20. The molecule has 0 radical (unpaired) electrons. The first kappa shape index (κ1) is 10.8. The minimum atomic E-state index is -0.658. The molecule has 0 aromatic heterocycles. The Labute approximate surface area is 83.3 Å². The number of ether oxygens (including phenoxy) is 2. The molecule has 0 saturated heterocycles. The van der Waals surface area contributed by atoms with E-state index in [0.29, 0.717) is 11.5 Å². The Morgan fingerprint density at radius 2 is 1.93 bits per heavy atom. The van der Waals surface area contributed by atoms with Crippen LogP contribution in [0.4, 0.5) is 0 Å². The van der Waals surface area contributed by atoms with Crippen LogP contribution < -0.4 is 15.2 Å². The zero-order valence-corrected chi connectivity index (χ0v) is 8.36. The lowest BCUT2D eigenvalue weighted by atomic mass is 10.1. The highest BCUT2D eigenvalue weighted by molar-refractivity contribution is 5.43. The molecule has 3 N–H and O–H groups in total. The van der Waals surface area contributed by atoms with Crippen LogP contribution in [0.1, 0.15) is 11.7 Å². The van der Waals surface area contributed by atoms with Gasteiger partial charge in [0.15, 0.2) is 11.5 Å². The second kappa shape index (κ2) is 4.83. The Morgan fingerprint density at radius 1 is 1.29 bits per heavy atom. The van der Waals surface area contributed by atoms with E-state index >= 15 is 0 Å². The molecule has 1 atom stereocenters. The summed E-state index contributed by atoms with van der Waals surface area (Å²) >= 11 is 0. The lowest BCUT2D eigenvalue weighted by molar-refractivity contribution is 0.186. The normalized spacial score (nSPS) is 12.3. The second-order valence-electron chi connectivity index (χ2n) is 2.87. The molecule has 0 bridgehead atoms. The number of methoxy groups -OCH3 is 2. The fourth-order valence-electron chi connectivity index (χ4n) is 1.20. The lowest BCUT2D eigenvalue weighted by Gasteiger charge is -2.12. The van der Waals surface area contributed by atoms with Crippen molar-refractivity contribution in [1.29, 1.82) is 0 Å². The second-order valence-corrected chi connectivity index (χ2v) is 2.87. The van der Waals surface area contributed by atoms with Crippen molar-refractivity contribution in [3.8, 4) is 11.5 Å². The number of rotatable bonds is 4. The summed E-state index contributed by atoms with van der Waals surface area (Å²) in [6.07, 6.45) is -0.658. The van der Waals surface area contributed by atoms with Crippen LogP contribution in [0.25, 0.3) is 0 Å². The van der Waals surface area contributed by atoms with Gasteiger partial charge in [0.05, 0.1) is 20.3 Å². The van der Waals surface area contributed by atoms with Crippen LogP contribution in [-0.4, -0.2) is 25.9 Å². The van der Waals surface area contributed by atoms with E-state index in [1.807, 2.05) is 0 Å². The average Bonchev–Trinajstić information content (AvgIpc) is 2.26. The standard InChI is InChI=1S/C10H15NO3/c1-13-9-4-3-7(8(12)6-11)5-10(9)14-2/h3-5,8,12H,6,11H2,1-2H3. The number of aliphatic hydroxyl groups excluding tert-OH is 1. The molecular weight excluding hydrogens is 182 g/mol. The van der Waals surface area contributed by atoms with Crippen LogP contribution in [0.2, 0.25) is 0 Å². The summed E-state index contributed by atoms with van der Waals surface area (Å²) in [6, 6.07) is 5.22. The van der Waals surface area contributed by atoms with Gasteiger partial charge < -0.3 is 20.3 Å². The summed E-state index contributed by atoms with van der Waals surface area (Å²) in [7, 11) is 3.12. The molecule has 1 aromatic rings. The number of benzene rings is 1. The average molecular weight is 197 g/mol. The highest BCUT2D eigenvalue weighted by atomic mass is 16.5. The molecule has 0 aliphatic rings. The first-order chi connectivity index (χ1) is 6.72. The number of hydrogen-bond donors (Lipinski definition) is 2. The van der Waals surface area contributed by atoms with Crippen LogP contribution in [0.3, 0.4) is 0 Å². The Kier molecular flexibility index (Phi) is 3.73. The van der Waals surface area contributed by atoms with E-state index in [4.69, 9.17) is 15.2 Å². The third-order valence-corrected chi connectivity index (χ3v) is 2.02. The fraction of sp³-hybridized carbons (Fsp3) is 0.400. The van der Waals surface area contributed by atoms with E-state index in [9.17, 15) is 5.11 Å². The molecule has 4 nitrogen and oxygen atoms in total. The maximum absolute atomic E-state index is 9.49. The van der Waals surface area contributed by atoms with Gasteiger partial charge >= 0.3 is 0 Å². The Morgan fingerprint density at radius 3 is 2.43 bits per heavy atom. The Hall–Kier alpha value is -1.26. The van der Waals surface area contributed by atoms with Crippen LogP contribution >= 0.6 is 0 Å². The van der Waals surface area contributed by atoms with Crippen molar-refractivity contribution in [3.63, 3.8) is 0 Å². The quantitative estimate of drug-likeness (QED) is 0.745. The van der Waals surface area contributed by atoms with Crippen molar-refractivity contribution in [3.05, 3.63) is 23.8 Å². The SMILES string of the molecule is COc1ccc(C(O)CN)cc1OC. The third kappa shape index (κ3) is 2.16. The third-order valence-electron chi connectivity index (χ3n) is 2.02. The first-order valence-corrected chi connectivity index (χ1v) is 4.33. The first-order valence-electron chi connectivity index (χ1n) is 4.33. The van der Waals surface area contributed by atoms with E-state index in [1.165, 1.54) is 0 Å². The number of aliphatic hydroxyl groups is 1. The highest BCUT2D eigenvalue weighted by Crippen LogP contribution is 2.29. The molecule has 1 aromatic carbocycles. The topological polar surface area (TPSA) is 64.7 Å². The van der Waals surface area contributed by atoms with E-state index in [0.717, 1.165) is 5.56 Å². The smallest absolute Gasteiger partial charge is 0.161 e. The minimum Gasteiger partial charge on any atom is -0.493 e. The molecule has 4 heteroatoms. The Balaban J connectivity index is 3.01.